The van der Waals surface area contributed by atoms with Crippen molar-refractivity contribution in [3.63, 3.8) is 0 Å². The largest absolute Gasteiger partial charge is 0.497 e. The first-order chi connectivity index (χ1) is 13.7. The zero-order valence-corrected chi connectivity index (χ0v) is 20.8. The minimum absolute atomic E-state index is 0.283. The molecule has 1 aromatic rings. The molecular weight excluding hydrogens is 398 g/mol. The quantitative estimate of drug-likeness (QED) is 0.633. The Hall–Kier alpha value is -2.12. The molecule has 30 heavy (non-hydrogen) atoms. The van der Waals surface area contributed by atoms with Crippen molar-refractivity contribution in [1.82, 2.24) is 4.90 Å². The lowest BCUT2D eigenvalue weighted by atomic mass is 9.84. The second-order valence-electron chi connectivity index (χ2n) is 9.93. The summed E-state index contributed by atoms with van der Waals surface area (Å²) in [6.45, 7) is 15.7. The molecule has 6 nitrogen and oxygen atoms in total. The van der Waals surface area contributed by atoms with Crippen molar-refractivity contribution >= 4 is 26.6 Å². The number of benzene rings is 1. The fourth-order valence-electron chi connectivity index (χ4n) is 3.40. The highest BCUT2D eigenvalue weighted by Gasteiger charge is 2.47. The van der Waals surface area contributed by atoms with Gasteiger partial charge in [0.2, 0.25) is 0 Å². The zero-order valence-electron chi connectivity index (χ0n) is 19.6. The van der Waals surface area contributed by atoms with Crippen molar-refractivity contribution in [3.8, 4) is 5.75 Å². The Labute approximate surface area is 181 Å². The number of hydrogen-bond acceptors (Lipinski definition) is 5. The Morgan fingerprint density at radius 2 is 1.63 bits per heavy atom. The van der Waals surface area contributed by atoms with E-state index in [1.54, 1.807) is 40.0 Å². The molecular formula is C23H35NO5Si. The lowest BCUT2D eigenvalue weighted by Gasteiger charge is -2.39. The minimum Gasteiger partial charge on any atom is -0.497 e. The molecule has 0 fully saturated rings. The molecule has 1 aliphatic rings. The summed E-state index contributed by atoms with van der Waals surface area (Å²) in [6, 6.07) is 6.70. The van der Waals surface area contributed by atoms with Gasteiger partial charge in [-0.2, -0.15) is 0 Å². The van der Waals surface area contributed by atoms with Crippen LogP contribution in [-0.2, 0) is 14.0 Å². The van der Waals surface area contributed by atoms with Gasteiger partial charge in [0.1, 0.15) is 11.4 Å². The lowest BCUT2D eigenvalue weighted by Crippen LogP contribution is -2.53. The molecule has 1 heterocycles. The fraction of sp³-hybridized carbons (Fsp3) is 0.565. The summed E-state index contributed by atoms with van der Waals surface area (Å²) in [4.78, 5) is 27.7. The van der Waals surface area contributed by atoms with Gasteiger partial charge in [0.25, 0.3) is 5.91 Å². The summed E-state index contributed by atoms with van der Waals surface area (Å²) >= 11 is 0. The first-order valence-corrected chi connectivity index (χ1v) is 13.1. The van der Waals surface area contributed by atoms with Crippen molar-refractivity contribution in [2.45, 2.75) is 72.4 Å². The third-order valence-corrected chi connectivity index (χ3v) is 5.50. The molecule has 2 amide bonds. The number of carbonyl (C=O) groups excluding carboxylic acids is 2. The molecule has 0 aliphatic carbocycles. The van der Waals surface area contributed by atoms with E-state index in [1.807, 2.05) is 18.2 Å². The van der Waals surface area contributed by atoms with Gasteiger partial charge in [0.05, 0.1) is 19.3 Å². The molecule has 1 aromatic carbocycles. The molecule has 2 rings (SSSR count). The standard InChI is InChI=1S/C23H35NO5Si/c1-22(2,3)19(29-30(8)9)18-14-17(15-10-12-16(27-7)13-11-15)20(25)24(18)21(26)28-23(4,5)6/h10-14,18-19,30H,1-9H3/t18-,19?/m1/s1. The number of hydrogen-bond donors (Lipinski definition) is 0. The van der Waals surface area contributed by atoms with Crippen LogP contribution in [0.25, 0.3) is 5.57 Å². The first-order valence-electron chi connectivity index (χ1n) is 10.3. The molecule has 0 N–H and O–H groups in total. The van der Waals surface area contributed by atoms with E-state index < -0.39 is 26.8 Å². The molecule has 166 valence electrons. The highest BCUT2D eigenvalue weighted by molar-refractivity contribution is 6.48. The number of carbonyl (C=O) groups is 2. The van der Waals surface area contributed by atoms with Crippen LogP contribution < -0.4 is 4.74 Å². The van der Waals surface area contributed by atoms with Crippen molar-refractivity contribution in [3.05, 3.63) is 35.9 Å². The van der Waals surface area contributed by atoms with Crippen molar-refractivity contribution in [2.24, 2.45) is 5.41 Å². The van der Waals surface area contributed by atoms with Crippen molar-refractivity contribution in [1.29, 1.82) is 0 Å². The highest BCUT2D eigenvalue weighted by Crippen LogP contribution is 2.37. The number of ether oxygens (including phenoxy) is 2. The summed E-state index contributed by atoms with van der Waals surface area (Å²) in [7, 11) is 0.147. The molecule has 0 spiro atoms. The molecule has 2 atom stereocenters. The van der Waals surface area contributed by atoms with E-state index in [-0.39, 0.29) is 17.4 Å². The molecule has 0 radical (unpaired) electrons. The van der Waals surface area contributed by atoms with Crippen LogP contribution in [0.2, 0.25) is 13.1 Å². The van der Waals surface area contributed by atoms with Crippen LogP contribution >= 0.6 is 0 Å². The van der Waals surface area contributed by atoms with Crippen molar-refractivity contribution < 1.29 is 23.5 Å². The maximum absolute atomic E-state index is 13.4. The van der Waals surface area contributed by atoms with Gasteiger partial charge in [-0.15, -0.1) is 0 Å². The zero-order chi connectivity index (χ0) is 22.9. The van der Waals surface area contributed by atoms with Gasteiger partial charge in [-0.05, 0) is 63.1 Å². The third kappa shape index (κ3) is 5.73. The van der Waals surface area contributed by atoms with Crippen LogP contribution in [0.3, 0.4) is 0 Å². The molecule has 1 unspecified atom stereocenters. The highest BCUT2D eigenvalue weighted by atomic mass is 28.3. The Balaban J connectivity index is 2.53. The van der Waals surface area contributed by atoms with Crippen LogP contribution in [0.15, 0.2) is 30.3 Å². The molecule has 0 saturated heterocycles. The number of nitrogens with zero attached hydrogens (tertiary/aromatic N) is 1. The Kier molecular flexibility index (Phi) is 7.19. The number of imide groups is 1. The Bertz CT molecular complexity index is 802. The van der Waals surface area contributed by atoms with Crippen molar-refractivity contribution in [2.75, 3.05) is 7.11 Å². The summed E-state index contributed by atoms with van der Waals surface area (Å²) in [5.41, 5.74) is 0.201. The van der Waals surface area contributed by atoms with E-state index in [9.17, 15) is 9.59 Å². The maximum atomic E-state index is 13.4. The fourth-order valence-corrected chi connectivity index (χ4v) is 4.56. The summed E-state index contributed by atoms with van der Waals surface area (Å²) in [5, 5.41) is 0. The summed E-state index contributed by atoms with van der Waals surface area (Å²) in [5.74, 6) is 0.328. The van der Waals surface area contributed by atoms with E-state index in [4.69, 9.17) is 13.9 Å². The normalized spacial score (nSPS) is 18.5. The van der Waals surface area contributed by atoms with Crippen LogP contribution in [0.5, 0.6) is 5.75 Å². The van der Waals surface area contributed by atoms with E-state index >= 15 is 0 Å². The summed E-state index contributed by atoms with van der Waals surface area (Å²) in [6.07, 6.45) is 0.859. The average Bonchev–Trinajstić information content (AvgIpc) is 2.94. The minimum atomic E-state index is -1.45. The smallest absolute Gasteiger partial charge is 0.417 e. The molecule has 0 aromatic heterocycles. The van der Waals surface area contributed by atoms with Crippen LogP contribution in [-0.4, -0.2) is 50.8 Å². The Morgan fingerprint density at radius 1 is 1.07 bits per heavy atom. The van der Waals surface area contributed by atoms with Gasteiger partial charge in [-0.25, -0.2) is 9.69 Å². The first kappa shape index (κ1) is 24.1. The number of rotatable bonds is 5. The van der Waals surface area contributed by atoms with Gasteiger partial charge in [-0.1, -0.05) is 32.9 Å². The second-order valence-corrected chi connectivity index (χ2v) is 12.3. The maximum Gasteiger partial charge on any atom is 0.417 e. The number of amides is 2. The van der Waals surface area contributed by atoms with Gasteiger partial charge in [0, 0.05) is 5.57 Å². The van der Waals surface area contributed by atoms with Crippen LogP contribution in [0, 0.1) is 5.41 Å². The summed E-state index contributed by atoms with van der Waals surface area (Å²) < 4.78 is 17.1. The molecule has 0 saturated carbocycles. The monoisotopic (exact) mass is 433 g/mol. The van der Waals surface area contributed by atoms with E-state index in [0.29, 0.717) is 11.3 Å². The topological polar surface area (TPSA) is 65.1 Å². The van der Waals surface area contributed by atoms with Gasteiger partial charge < -0.3 is 13.9 Å². The van der Waals surface area contributed by atoms with Gasteiger partial charge >= 0.3 is 6.09 Å². The van der Waals surface area contributed by atoms with Gasteiger partial charge in [-0.3, -0.25) is 4.79 Å². The molecule has 1 aliphatic heterocycles. The van der Waals surface area contributed by atoms with E-state index in [1.165, 1.54) is 4.90 Å². The van der Waals surface area contributed by atoms with E-state index in [0.717, 1.165) is 5.56 Å². The predicted molar refractivity (Wildman–Crippen MR) is 121 cm³/mol. The molecule has 0 bridgehead atoms. The van der Waals surface area contributed by atoms with E-state index in [2.05, 4.69) is 33.9 Å². The predicted octanol–water partition coefficient (Wildman–Crippen LogP) is 4.64. The van der Waals surface area contributed by atoms with Gasteiger partial charge in [0.15, 0.2) is 9.04 Å². The Morgan fingerprint density at radius 3 is 2.07 bits per heavy atom. The van der Waals surface area contributed by atoms with Crippen LogP contribution in [0.4, 0.5) is 4.79 Å². The number of methoxy groups -OCH3 is 1. The lowest BCUT2D eigenvalue weighted by molar-refractivity contribution is -0.126. The average molecular weight is 434 g/mol. The third-order valence-electron chi connectivity index (χ3n) is 4.66. The SMILES string of the molecule is COc1ccc(C2=C[C@H](C(O[SiH](C)C)C(C)(C)C)N(C(=O)OC(C)(C)C)C2=O)cc1. The second kappa shape index (κ2) is 8.94. The molecule has 7 heteroatoms. The van der Waals surface area contributed by atoms with Crippen LogP contribution in [0.1, 0.15) is 47.1 Å².